The Balaban J connectivity index is 1.15. The Kier molecular flexibility index (Phi) is 6.94. The fraction of sp³-hybridized carbons (Fsp3) is 0.115. The lowest BCUT2D eigenvalue weighted by atomic mass is 9.81. The van der Waals surface area contributed by atoms with Gasteiger partial charge in [-0.2, -0.15) is 0 Å². The van der Waals surface area contributed by atoms with Gasteiger partial charge in [0.15, 0.2) is 0 Å². The maximum atomic E-state index is 2.46. The van der Waals surface area contributed by atoms with Crippen molar-refractivity contribution in [2.24, 2.45) is 0 Å². The van der Waals surface area contributed by atoms with Crippen molar-refractivity contribution in [1.82, 2.24) is 0 Å². The minimum Gasteiger partial charge on any atom is -0.310 e. The van der Waals surface area contributed by atoms with Gasteiger partial charge in [0.2, 0.25) is 0 Å². The third-order valence-corrected chi connectivity index (χ3v) is 12.1. The molecule has 10 rings (SSSR count). The SMILES string of the molecule is CC1(C)c2ccccc2-c2ccc(N(c3ccc(-c4ccccc4)cc3)c3ccccc3-c3ccc4c(c3)-c3cc5ccccc5cc3C4(C)C)cc21. The predicted molar refractivity (Wildman–Crippen MR) is 225 cm³/mol. The van der Waals surface area contributed by atoms with Gasteiger partial charge in [0.05, 0.1) is 5.69 Å². The molecule has 254 valence electrons. The van der Waals surface area contributed by atoms with E-state index in [0.29, 0.717) is 0 Å². The first-order valence-corrected chi connectivity index (χ1v) is 18.8. The maximum absolute atomic E-state index is 2.46. The zero-order valence-corrected chi connectivity index (χ0v) is 30.7. The van der Waals surface area contributed by atoms with E-state index < -0.39 is 0 Å². The highest BCUT2D eigenvalue weighted by Gasteiger charge is 2.37. The first-order valence-electron chi connectivity index (χ1n) is 18.8. The Morgan fingerprint density at radius 1 is 0.321 bits per heavy atom. The van der Waals surface area contributed by atoms with E-state index in [1.165, 1.54) is 77.5 Å². The van der Waals surface area contributed by atoms with Crippen molar-refractivity contribution in [2.75, 3.05) is 4.90 Å². The van der Waals surface area contributed by atoms with E-state index in [-0.39, 0.29) is 10.8 Å². The quantitative estimate of drug-likeness (QED) is 0.175. The zero-order valence-electron chi connectivity index (χ0n) is 30.7. The molecule has 53 heavy (non-hydrogen) atoms. The van der Waals surface area contributed by atoms with E-state index in [1.54, 1.807) is 0 Å². The Morgan fingerprint density at radius 2 is 0.849 bits per heavy atom. The third-order valence-electron chi connectivity index (χ3n) is 12.1. The molecule has 0 saturated heterocycles. The maximum Gasteiger partial charge on any atom is 0.0540 e. The molecule has 0 N–H and O–H groups in total. The van der Waals surface area contributed by atoms with E-state index in [4.69, 9.17) is 0 Å². The van der Waals surface area contributed by atoms with Gasteiger partial charge in [-0.15, -0.1) is 0 Å². The highest BCUT2D eigenvalue weighted by Crippen LogP contribution is 2.53. The third kappa shape index (κ3) is 4.84. The van der Waals surface area contributed by atoms with Gasteiger partial charge in [-0.05, 0) is 121 Å². The van der Waals surface area contributed by atoms with E-state index in [0.717, 1.165) is 17.1 Å². The number of rotatable bonds is 5. The van der Waals surface area contributed by atoms with Crippen molar-refractivity contribution >= 4 is 27.8 Å². The first-order chi connectivity index (χ1) is 25.8. The van der Waals surface area contributed by atoms with Gasteiger partial charge in [-0.3, -0.25) is 0 Å². The van der Waals surface area contributed by atoms with Crippen LogP contribution in [0.3, 0.4) is 0 Å². The fourth-order valence-corrected chi connectivity index (χ4v) is 9.21. The van der Waals surface area contributed by atoms with Crippen molar-refractivity contribution < 1.29 is 0 Å². The topological polar surface area (TPSA) is 3.24 Å². The number of benzene rings is 8. The Morgan fingerprint density at radius 3 is 1.62 bits per heavy atom. The molecular formula is C52H41N. The first kappa shape index (κ1) is 31.5. The van der Waals surface area contributed by atoms with Gasteiger partial charge in [0, 0.05) is 27.8 Å². The van der Waals surface area contributed by atoms with Crippen molar-refractivity contribution in [3.05, 3.63) is 198 Å². The summed E-state index contributed by atoms with van der Waals surface area (Å²) in [5.74, 6) is 0. The highest BCUT2D eigenvalue weighted by atomic mass is 15.1. The van der Waals surface area contributed by atoms with Gasteiger partial charge in [-0.1, -0.05) is 155 Å². The molecular weight excluding hydrogens is 639 g/mol. The van der Waals surface area contributed by atoms with E-state index in [2.05, 4.69) is 209 Å². The summed E-state index contributed by atoms with van der Waals surface area (Å²) in [6.07, 6.45) is 0. The van der Waals surface area contributed by atoms with E-state index in [1.807, 2.05) is 0 Å². The number of hydrogen-bond acceptors (Lipinski definition) is 1. The lowest BCUT2D eigenvalue weighted by Crippen LogP contribution is -2.17. The van der Waals surface area contributed by atoms with E-state index in [9.17, 15) is 0 Å². The van der Waals surface area contributed by atoms with Crippen LogP contribution >= 0.6 is 0 Å². The molecule has 1 heteroatoms. The summed E-state index contributed by atoms with van der Waals surface area (Å²) in [7, 11) is 0. The average Bonchev–Trinajstić information content (AvgIpc) is 3.56. The normalized spacial score (nSPS) is 14.3. The van der Waals surface area contributed by atoms with Crippen LogP contribution in [0.1, 0.15) is 49.9 Å². The molecule has 2 aliphatic rings. The van der Waals surface area contributed by atoms with Crippen LogP contribution in [0.15, 0.2) is 176 Å². The Labute approximate surface area is 312 Å². The second-order valence-corrected chi connectivity index (χ2v) is 15.8. The molecule has 8 aromatic carbocycles. The van der Waals surface area contributed by atoms with Crippen molar-refractivity contribution in [2.45, 2.75) is 38.5 Å². The van der Waals surface area contributed by atoms with Gasteiger partial charge < -0.3 is 4.90 Å². The monoisotopic (exact) mass is 679 g/mol. The summed E-state index contributed by atoms with van der Waals surface area (Å²) in [5.41, 5.74) is 19.0. The molecule has 8 aromatic rings. The largest absolute Gasteiger partial charge is 0.310 e. The molecule has 1 nitrogen and oxygen atoms in total. The summed E-state index contributed by atoms with van der Waals surface area (Å²) in [6, 6.07) is 65.3. The van der Waals surface area contributed by atoms with Gasteiger partial charge in [0.25, 0.3) is 0 Å². The summed E-state index contributed by atoms with van der Waals surface area (Å²) in [5, 5.41) is 2.58. The van der Waals surface area contributed by atoms with Crippen molar-refractivity contribution in [1.29, 1.82) is 0 Å². The van der Waals surface area contributed by atoms with Gasteiger partial charge in [0.1, 0.15) is 0 Å². The van der Waals surface area contributed by atoms with Crippen LogP contribution in [0.25, 0.3) is 55.3 Å². The molecule has 0 aromatic heterocycles. The molecule has 2 aliphatic carbocycles. The Hall–Kier alpha value is -6.18. The summed E-state index contributed by atoms with van der Waals surface area (Å²) in [4.78, 5) is 2.46. The summed E-state index contributed by atoms with van der Waals surface area (Å²) >= 11 is 0. The van der Waals surface area contributed by atoms with Gasteiger partial charge >= 0.3 is 0 Å². The molecule has 0 fully saturated rings. The predicted octanol–water partition coefficient (Wildman–Crippen LogP) is 14.3. The van der Waals surface area contributed by atoms with Crippen LogP contribution in [0, 0.1) is 0 Å². The summed E-state index contributed by atoms with van der Waals surface area (Å²) < 4.78 is 0. The smallest absolute Gasteiger partial charge is 0.0540 e. The molecule has 0 bridgehead atoms. The molecule has 0 heterocycles. The second kappa shape index (κ2) is 11.7. The van der Waals surface area contributed by atoms with Crippen LogP contribution in [-0.2, 0) is 10.8 Å². The van der Waals surface area contributed by atoms with Crippen molar-refractivity contribution in [3.63, 3.8) is 0 Å². The number of hydrogen-bond donors (Lipinski definition) is 0. The lowest BCUT2D eigenvalue weighted by Gasteiger charge is -2.30. The molecule has 0 aliphatic heterocycles. The summed E-state index contributed by atoms with van der Waals surface area (Å²) in [6.45, 7) is 9.46. The van der Waals surface area contributed by atoms with Crippen LogP contribution in [0.2, 0.25) is 0 Å². The fourth-order valence-electron chi connectivity index (χ4n) is 9.21. The molecule has 0 radical (unpaired) electrons. The number of anilines is 3. The van der Waals surface area contributed by atoms with Crippen LogP contribution < -0.4 is 4.90 Å². The molecule has 0 spiro atoms. The van der Waals surface area contributed by atoms with Crippen LogP contribution in [0.5, 0.6) is 0 Å². The van der Waals surface area contributed by atoms with Crippen molar-refractivity contribution in [3.8, 4) is 44.5 Å². The Bertz CT molecular complexity index is 2710. The average molecular weight is 680 g/mol. The number of nitrogens with zero attached hydrogens (tertiary/aromatic N) is 1. The second-order valence-electron chi connectivity index (χ2n) is 15.8. The minimum atomic E-state index is -0.103. The minimum absolute atomic E-state index is 0.0753. The van der Waals surface area contributed by atoms with E-state index >= 15 is 0 Å². The zero-order chi connectivity index (χ0) is 35.9. The highest BCUT2D eigenvalue weighted by molar-refractivity contribution is 5.96. The molecule has 0 unspecified atom stereocenters. The number of para-hydroxylation sites is 1. The van der Waals surface area contributed by atoms with Crippen LogP contribution in [-0.4, -0.2) is 0 Å². The molecule has 0 atom stereocenters. The number of fused-ring (bicyclic) bond motifs is 7. The van der Waals surface area contributed by atoms with Gasteiger partial charge in [-0.25, -0.2) is 0 Å². The standard InChI is InChI=1S/C52H41N/c1-51(2)46-20-12-10-19-42(46)43-28-27-40(33-49(43)51)53(39-25-22-35(23-26-39)34-14-6-5-7-15-34)50-21-13-11-18-41(50)38-24-29-47-44(31-38)45-30-36-16-8-9-17-37(36)32-48(45)52(47,3)4/h5-33H,1-4H3. The van der Waals surface area contributed by atoms with Crippen LogP contribution in [0.4, 0.5) is 17.1 Å². The lowest BCUT2D eigenvalue weighted by molar-refractivity contribution is 0.660. The molecule has 0 amide bonds. The molecule has 0 saturated carbocycles.